The molecule has 5 N–H and O–H groups in total. The fourth-order valence-corrected chi connectivity index (χ4v) is 7.97. The number of pyridine rings is 4. The highest BCUT2D eigenvalue weighted by Crippen LogP contribution is 2.23. The highest BCUT2D eigenvalue weighted by Gasteiger charge is 2.20. The second kappa shape index (κ2) is 22.5. The number of hydrogen-bond acceptors (Lipinski definition) is 15. The van der Waals surface area contributed by atoms with Crippen LogP contribution in [-0.2, 0) is 42.5 Å². The maximum absolute atomic E-state index is 13.3. The summed E-state index contributed by atoms with van der Waals surface area (Å²) in [6, 6.07) is 17.3. The lowest BCUT2D eigenvalue weighted by Crippen LogP contribution is -2.23. The van der Waals surface area contributed by atoms with Gasteiger partial charge in [0.1, 0.15) is 11.6 Å². The Bertz CT molecular complexity index is 3300. The number of esters is 1. The molecular weight excluding hydrogens is 929 g/mol. The molecule has 8 rings (SSSR count). The zero-order chi connectivity index (χ0) is 48.3. The van der Waals surface area contributed by atoms with Crippen LogP contribution in [0.25, 0.3) is 33.2 Å². The van der Waals surface area contributed by atoms with Crippen LogP contribution in [0.5, 0.6) is 0 Å². The number of methoxy groups -OCH3 is 1. The molecule has 0 fully saturated rings. The van der Waals surface area contributed by atoms with Gasteiger partial charge in [-0.2, -0.15) is 10.2 Å². The predicted molar refractivity (Wildman–Crippen MR) is 243 cm³/mol. The van der Waals surface area contributed by atoms with E-state index in [1.54, 1.807) is 58.2 Å². The minimum atomic E-state index is -3.94. The summed E-state index contributed by atoms with van der Waals surface area (Å²) >= 11 is 0. The highest BCUT2D eigenvalue weighted by molar-refractivity contribution is 7.91. The van der Waals surface area contributed by atoms with Crippen molar-refractivity contribution in [1.29, 1.82) is 0 Å². The summed E-state index contributed by atoms with van der Waals surface area (Å²) in [5, 5.41) is 26.7. The van der Waals surface area contributed by atoms with Crippen molar-refractivity contribution < 1.29 is 49.8 Å². The van der Waals surface area contributed by atoms with Crippen LogP contribution < -0.4 is 15.8 Å². The Morgan fingerprint density at radius 3 is 1.51 bits per heavy atom. The quantitative estimate of drug-likeness (QED) is 0.119. The van der Waals surface area contributed by atoms with Crippen LogP contribution in [-0.4, -0.2) is 99.2 Å². The zero-order valence-electron chi connectivity index (χ0n) is 35.3. The molecule has 0 radical (unpaired) electrons. The van der Waals surface area contributed by atoms with E-state index in [-0.39, 0.29) is 54.2 Å². The van der Waals surface area contributed by atoms with E-state index in [1.807, 2.05) is 0 Å². The largest absolute Gasteiger partial charge is 0.469 e. The van der Waals surface area contributed by atoms with Crippen molar-refractivity contribution in [3.63, 3.8) is 0 Å². The Morgan fingerprint density at radius 1 is 0.662 bits per heavy atom. The number of carbonyl (C=O) groups is 3. The van der Waals surface area contributed by atoms with Crippen molar-refractivity contribution in [2.75, 3.05) is 20.0 Å². The molecule has 24 heteroatoms. The Kier molecular flexibility index (Phi) is 16.9. The van der Waals surface area contributed by atoms with Crippen molar-refractivity contribution in [2.45, 2.75) is 37.0 Å². The lowest BCUT2D eigenvalue weighted by atomic mass is 10.1. The fraction of sp³-hybridized carbons (Fsp3) is 0.159. The highest BCUT2D eigenvalue weighted by atomic mass is 32.2. The van der Waals surface area contributed by atoms with Gasteiger partial charge in [0.2, 0.25) is 0 Å². The number of hydrogen-bond donors (Lipinski definition) is 4. The third-order valence-electron chi connectivity index (χ3n) is 9.54. The standard InChI is InChI=1S/C23H20FN5O5S.C19H15FN6O3S.CH4O.CH4/c1-34-22(30)7-9-35(32,33)21-10-15(6-8-26-21)11-27-23(31)19-12-25-14-20-18(19)13-28-29(20)17-4-2-16(24)3-5-17;20-13-1-3-14(4-2-13)26-17-11-22-9-16(15(17)10-25-26)19(27)24-8-12-5-6-23-18(7-12)30(21,28)29;1-2;/h2-6,8,10,12-14H,7,9,11H2,1H3,(H,27,31);1-7,9-11H,8H2,(H,24,27)(H2,21,28,29);2H,1H3;1H4. The number of nitrogens with zero attached hydrogens (tertiary/aromatic N) is 8. The lowest BCUT2D eigenvalue weighted by Gasteiger charge is -2.08. The normalized spacial score (nSPS) is 11.0. The first-order chi connectivity index (χ1) is 32.1. The molecule has 0 saturated heterocycles. The van der Waals surface area contributed by atoms with Crippen LogP contribution in [0.3, 0.4) is 0 Å². The number of primary sulfonamides is 1. The van der Waals surface area contributed by atoms with Gasteiger partial charge in [0.25, 0.3) is 21.8 Å². The molecule has 6 heterocycles. The monoisotopic (exact) mass is 971 g/mol. The number of sulfonamides is 1. The third kappa shape index (κ3) is 12.3. The minimum Gasteiger partial charge on any atom is -0.469 e. The van der Waals surface area contributed by atoms with E-state index in [0.29, 0.717) is 49.9 Å². The number of nitrogens with one attached hydrogen (secondary N) is 2. The summed E-state index contributed by atoms with van der Waals surface area (Å²) in [4.78, 5) is 52.7. The number of aromatic nitrogens is 8. The van der Waals surface area contributed by atoms with Crippen molar-refractivity contribution in [3.8, 4) is 11.4 Å². The number of nitrogens with two attached hydrogens (primary N) is 1. The first-order valence-electron chi connectivity index (χ1n) is 19.5. The van der Waals surface area contributed by atoms with E-state index in [9.17, 15) is 40.0 Å². The second-order valence-electron chi connectivity index (χ2n) is 13.9. The van der Waals surface area contributed by atoms with Gasteiger partial charge >= 0.3 is 5.97 Å². The average Bonchev–Trinajstić information content (AvgIpc) is 3.98. The Labute approximate surface area is 387 Å². The van der Waals surface area contributed by atoms with Gasteiger partial charge in [-0.05, 0) is 83.9 Å². The van der Waals surface area contributed by atoms with Crippen molar-refractivity contribution in [1.82, 2.24) is 50.1 Å². The molecule has 0 atom stereocenters. The molecule has 354 valence electrons. The molecule has 8 aromatic rings. The fourth-order valence-electron chi connectivity index (χ4n) is 6.25. The average molecular weight is 972 g/mol. The predicted octanol–water partition coefficient (Wildman–Crippen LogP) is 4.00. The maximum Gasteiger partial charge on any atom is 0.306 e. The van der Waals surface area contributed by atoms with Crippen LogP contribution in [0.2, 0.25) is 0 Å². The lowest BCUT2D eigenvalue weighted by molar-refractivity contribution is -0.140. The van der Waals surface area contributed by atoms with Gasteiger partial charge < -0.3 is 20.5 Å². The molecule has 68 heavy (non-hydrogen) atoms. The Hall–Kier alpha value is -7.93. The number of rotatable bonds is 13. The third-order valence-corrected chi connectivity index (χ3v) is 12.0. The summed E-state index contributed by atoms with van der Waals surface area (Å²) < 4.78 is 81.8. The number of sulfone groups is 1. The van der Waals surface area contributed by atoms with E-state index in [4.69, 9.17) is 10.2 Å². The molecule has 0 aliphatic carbocycles. The van der Waals surface area contributed by atoms with Gasteiger partial charge in [0.15, 0.2) is 19.9 Å². The van der Waals surface area contributed by atoms with Gasteiger partial charge in [-0.15, -0.1) is 0 Å². The number of aliphatic hydroxyl groups excluding tert-OH is 1. The number of benzene rings is 2. The van der Waals surface area contributed by atoms with Crippen molar-refractivity contribution in [3.05, 3.63) is 156 Å². The van der Waals surface area contributed by atoms with Crippen LogP contribution >= 0.6 is 0 Å². The SMILES string of the molecule is C.CO.COC(=O)CCS(=O)(=O)c1cc(CNC(=O)c2cncc3c2cnn3-c2ccc(F)cc2)ccn1.NS(=O)(=O)c1cc(CNC(=O)c2cncc3c2cnn3-c2ccc(F)cc2)ccn1. The second-order valence-corrected chi connectivity index (χ2v) is 17.4. The first-order valence-corrected chi connectivity index (χ1v) is 22.7. The molecule has 0 spiro atoms. The molecule has 0 aliphatic rings. The van der Waals surface area contributed by atoms with E-state index >= 15 is 0 Å². The van der Waals surface area contributed by atoms with Gasteiger partial charge in [-0.25, -0.2) is 50.1 Å². The first kappa shape index (κ1) is 51.1. The minimum absolute atomic E-state index is 0. The number of fused-ring (bicyclic) bond motifs is 2. The molecule has 0 saturated carbocycles. The number of aliphatic hydroxyl groups is 1. The molecule has 6 aromatic heterocycles. The topological polar surface area (TPSA) is 286 Å². The van der Waals surface area contributed by atoms with Crippen molar-refractivity contribution in [2.24, 2.45) is 5.14 Å². The summed E-state index contributed by atoms with van der Waals surface area (Å²) in [6.07, 6.45) is 11.3. The molecule has 0 aliphatic heterocycles. The molecule has 2 amide bonds. The van der Waals surface area contributed by atoms with Crippen LogP contribution in [0.4, 0.5) is 8.78 Å². The number of halogens is 2. The van der Waals surface area contributed by atoms with Crippen LogP contribution in [0.1, 0.15) is 45.7 Å². The van der Waals surface area contributed by atoms with E-state index < -0.39 is 43.4 Å². The zero-order valence-corrected chi connectivity index (χ0v) is 36.9. The van der Waals surface area contributed by atoms with Crippen LogP contribution in [0.15, 0.2) is 132 Å². The Morgan fingerprint density at radius 2 is 1.09 bits per heavy atom. The van der Waals surface area contributed by atoms with E-state index in [1.165, 1.54) is 80.7 Å². The molecule has 0 bridgehead atoms. The summed E-state index contributed by atoms with van der Waals surface area (Å²) in [5.41, 5.74) is 3.97. The maximum atomic E-state index is 13.3. The number of amides is 2. The number of ether oxygens (including phenoxy) is 1. The summed E-state index contributed by atoms with van der Waals surface area (Å²) in [7, 11) is -5.56. The van der Waals surface area contributed by atoms with Gasteiger partial charge in [-0.3, -0.25) is 24.4 Å². The Balaban J connectivity index is 0.000000244. The van der Waals surface area contributed by atoms with Crippen molar-refractivity contribution >= 4 is 59.5 Å². The van der Waals surface area contributed by atoms with Gasteiger partial charge in [-0.1, -0.05) is 7.43 Å². The molecule has 2 aromatic carbocycles. The number of carbonyl (C=O) groups excluding carboxylic acids is 3. The summed E-state index contributed by atoms with van der Waals surface area (Å²) in [5.74, 6) is -2.67. The van der Waals surface area contributed by atoms with Crippen LogP contribution in [0, 0.1) is 11.6 Å². The molecule has 0 unspecified atom stereocenters. The van der Waals surface area contributed by atoms with Gasteiger partial charge in [0, 0.05) is 55.8 Å². The molecule has 20 nitrogen and oxygen atoms in total. The smallest absolute Gasteiger partial charge is 0.306 e. The molecular formula is C44H43F2N11O9S2. The van der Waals surface area contributed by atoms with E-state index in [0.717, 1.165) is 7.11 Å². The van der Waals surface area contributed by atoms with Gasteiger partial charge in [0.05, 0.1) is 77.6 Å². The van der Waals surface area contributed by atoms with E-state index in [2.05, 4.69) is 45.5 Å². The summed E-state index contributed by atoms with van der Waals surface area (Å²) in [6.45, 7) is 0.0930.